The van der Waals surface area contributed by atoms with E-state index >= 15 is 0 Å². The monoisotopic (exact) mass is 257 g/mol. The third-order valence-corrected chi connectivity index (χ3v) is 3.83. The van der Waals surface area contributed by atoms with E-state index in [-0.39, 0.29) is 5.92 Å². The Labute approximate surface area is 106 Å². The Morgan fingerprint density at radius 3 is 3.18 bits per heavy atom. The van der Waals surface area contributed by atoms with Crippen LogP contribution in [-0.2, 0) is 10.5 Å². The van der Waals surface area contributed by atoms with Crippen molar-refractivity contribution in [2.75, 3.05) is 26.0 Å². The maximum absolute atomic E-state index is 5.49. The van der Waals surface area contributed by atoms with Crippen LogP contribution in [0.3, 0.4) is 0 Å². The van der Waals surface area contributed by atoms with Gasteiger partial charge in [-0.2, -0.15) is 16.7 Å². The molecule has 1 saturated heterocycles. The molecule has 0 amide bonds. The number of nitrogens with one attached hydrogen (secondary N) is 1. The van der Waals surface area contributed by atoms with Crippen LogP contribution in [0.4, 0.5) is 0 Å². The Kier molecular flexibility index (Phi) is 4.82. The molecule has 17 heavy (non-hydrogen) atoms. The molecule has 2 atom stereocenters. The predicted molar refractivity (Wildman–Crippen MR) is 67.2 cm³/mol. The molecule has 0 bridgehead atoms. The average molecular weight is 257 g/mol. The van der Waals surface area contributed by atoms with Gasteiger partial charge >= 0.3 is 0 Å². The zero-order chi connectivity index (χ0) is 12.1. The minimum Gasteiger partial charge on any atom is -0.381 e. The largest absolute Gasteiger partial charge is 0.381 e. The number of nitrogens with zero attached hydrogens (tertiary/aromatic N) is 2. The molecule has 5 nitrogen and oxygen atoms in total. The lowest BCUT2D eigenvalue weighted by atomic mass is 9.96. The van der Waals surface area contributed by atoms with Gasteiger partial charge in [0.1, 0.15) is 0 Å². The predicted octanol–water partition coefficient (Wildman–Crippen LogP) is 1.41. The molecule has 0 aromatic carbocycles. The molecule has 0 spiro atoms. The summed E-state index contributed by atoms with van der Waals surface area (Å²) in [5, 5.41) is 7.30. The van der Waals surface area contributed by atoms with Gasteiger partial charge in [0.25, 0.3) is 0 Å². The highest BCUT2D eigenvalue weighted by Gasteiger charge is 2.30. The summed E-state index contributed by atoms with van der Waals surface area (Å²) in [5.41, 5.74) is 0. The zero-order valence-corrected chi connectivity index (χ0v) is 11.1. The highest BCUT2D eigenvalue weighted by molar-refractivity contribution is 7.98. The number of hydrogen-bond acceptors (Lipinski definition) is 6. The van der Waals surface area contributed by atoms with Gasteiger partial charge in [0.2, 0.25) is 5.89 Å². The number of thioether (sulfide) groups is 1. The van der Waals surface area contributed by atoms with Crippen LogP contribution >= 0.6 is 11.8 Å². The number of ether oxygens (including phenoxy) is 1. The standard InChI is InChI=1S/C11H19N3O2S/c1-3-17-7-10-13-11(16-14-10)8-6-15-5-4-9(8)12-2/h8-9,12H,3-7H2,1-2H3. The van der Waals surface area contributed by atoms with E-state index < -0.39 is 0 Å². The third-order valence-electron chi connectivity index (χ3n) is 2.96. The first-order chi connectivity index (χ1) is 8.35. The first-order valence-electron chi connectivity index (χ1n) is 6.00. The summed E-state index contributed by atoms with van der Waals surface area (Å²) in [6.07, 6.45) is 0.989. The van der Waals surface area contributed by atoms with Gasteiger partial charge in [-0.25, -0.2) is 0 Å². The van der Waals surface area contributed by atoms with Crippen molar-refractivity contribution >= 4 is 11.8 Å². The van der Waals surface area contributed by atoms with Gasteiger partial charge in [-0.3, -0.25) is 0 Å². The fourth-order valence-electron chi connectivity index (χ4n) is 2.00. The molecule has 1 aromatic rings. The number of hydrogen-bond donors (Lipinski definition) is 1. The molecule has 1 aliphatic rings. The number of rotatable bonds is 5. The lowest BCUT2D eigenvalue weighted by Crippen LogP contribution is -2.39. The quantitative estimate of drug-likeness (QED) is 0.860. The maximum Gasteiger partial charge on any atom is 0.233 e. The molecular formula is C11H19N3O2S. The van der Waals surface area contributed by atoms with Crippen molar-refractivity contribution in [3.8, 4) is 0 Å². The molecule has 1 N–H and O–H groups in total. The summed E-state index contributed by atoms with van der Waals surface area (Å²) in [7, 11) is 1.97. The van der Waals surface area contributed by atoms with Crippen LogP contribution in [0.25, 0.3) is 0 Å². The van der Waals surface area contributed by atoms with Gasteiger partial charge in [0, 0.05) is 12.6 Å². The van der Waals surface area contributed by atoms with Crippen LogP contribution in [0.2, 0.25) is 0 Å². The second kappa shape index (κ2) is 6.37. The van der Waals surface area contributed by atoms with Crippen molar-refractivity contribution in [2.45, 2.75) is 31.1 Å². The molecule has 96 valence electrons. The van der Waals surface area contributed by atoms with Crippen LogP contribution in [0, 0.1) is 0 Å². The first-order valence-corrected chi connectivity index (χ1v) is 7.15. The summed E-state index contributed by atoms with van der Waals surface area (Å²) in [5.74, 6) is 3.55. The Morgan fingerprint density at radius 2 is 2.41 bits per heavy atom. The zero-order valence-electron chi connectivity index (χ0n) is 10.3. The summed E-state index contributed by atoms with van der Waals surface area (Å²) >= 11 is 1.80. The molecule has 2 rings (SSSR count). The van der Waals surface area contributed by atoms with E-state index in [1.165, 1.54) is 0 Å². The minimum atomic E-state index is 0.182. The van der Waals surface area contributed by atoms with Crippen LogP contribution in [0.1, 0.15) is 31.0 Å². The van der Waals surface area contributed by atoms with Crippen molar-refractivity contribution < 1.29 is 9.26 Å². The maximum atomic E-state index is 5.49. The second-order valence-electron chi connectivity index (χ2n) is 4.05. The Bertz CT molecular complexity index is 345. The van der Waals surface area contributed by atoms with E-state index in [0.717, 1.165) is 30.4 Å². The average Bonchev–Trinajstić information content (AvgIpc) is 2.85. The van der Waals surface area contributed by atoms with Crippen molar-refractivity contribution in [3.63, 3.8) is 0 Å². The normalized spacial score (nSPS) is 25.1. The SMILES string of the molecule is CCSCc1noc(C2COCCC2NC)n1. The summed E-state index contributed by atoms with van der Waals surface area (Å²) in [4.78, 5) is 4.45. The van der Waals surface area contributed by atoms with E-state index in [1.807, 2.05) is 7.05 Å². The molecule has 1 fully saturated rings. The van der Waals surface area contributed by atoms with Crippen LogP contribution in [-0.4, -0.2) is 42.2 Å². The van der Waals surface area contributed by atoms with Gasteiger partial charge in [-0.05, 0) is 19.2 Å². The van der Waals surface area contributed by atoms with Crippen LogP contribution in [0.15, 0.2) is 4.52 Å². The molecule has 0 radical (unpaired) electrons. The van der Waals surface area contributed by atoms with E-state index in [2.05, 4.69) is 22.4 Å². The fraction of sp³-hybridized carbons (Fsp3) is 0.818. The third kappa shape index (κ3) is 3.20. The summed E-state index contributed by atoms with van der Waals surface area (Å²) < 4.78 is 10.8. The molecule has 1 aromatic heterocycles. The molecule has 0 saturated carbocycles. The van der Waals surface area contributed by atoms with E-state index in [4.69, 9.17) is 9.26 Å². The Hall–Kier alpha value is -0.590. The van der Waals surface area contributed by atoms with Gasteiger partial charge in [0.15, 0.2) is 5.82 Å². The van der Waals surface area contributed by atoms with E-state index in [0.29, 0.717) is 18.5 Å². The van der Waals surface area contributed by atoms with Crippen molar-refractivity contribution in [2.24, 2.45) is 0 Å². The van der Waals surface area contributed by atoms with Crippen molar-refractivity contribution in [1.82, 2.24) is 15.5 Å². The molecule has 0 aliphatic carbocycles. The number of likely N-dealkylation sites (N-methyl/N-ethyl adjacent to an activating group) is 1. The smallest absolute Gasteiger partial charge is 0.233 e. The lowest BCUT2D eigenvalue weighted by Gasteiger charge is -2.28. The summed E-state index contributed by atoms with van der Waals surface area (Å²) in [6, 6.07) is 0.371. The Balaban J connectivity index is 2.02. The minimum absolute atomic E-state index is 0.182. The highest BCUT2D eigenvalue weighted by atomic mass is 32.2. The van der Waals surface area contributed by atoms with Crippen molar-refractivity contribution in [1.29, 1.82) is 0 Å². The Morgan fingerprint density at radius 1 is 1.53 bits per heavy atom. The van der Waals surface area contributed by atoms with Gasteiger partial charge in [0.05, 0.1) is 18.3 Å². The lowest BCUT2D eigenvalue weighted by molar-refractivity contribution is 0.0516. The van der Waals surface area contributed by atoms with E-state index in [1.54, 1.807) is 11.8 Å². The first kappa shape index (κ1) is 12.9. The topological polar surface area (TPSA) is 60.2 Å². The van der Waals surface area contributed by atoms with Gasteiger partial charge in [-0.15, -0.1) is 0 Å². The van der Waals surface area contributed by atoms with Crippen molar-refractivity contribution in [3.05, 3.63) is 11.7 Å². The molecule has 1 aliphatic heterocycles. The van der Waals surface area contributed by atoms with Crippen LogP contribution < -0.4 is 5.32 Å². The summed E-state index contributed by atoms with van der Waals surface area (Å²) in [6.45, 7) is 3.58. The highest BCUT2D eigenvalue weighted by Crippen LogP contribution is 2.25. The molecule has 2 unspecified atom stereocenters. The van der Waals surface area contributed by atoms with E-state index in [9.17, 15) is 0 Å². The van der Waals surface area contributed by atoms with Gasteiger partial charge < -0.3 is 14.6 Å². The number of aromatic nitrogens is 2. The molecule has 2 heterocycles. The van der Waals surface area contributed by atoms with Crippen LogP contribution in [0.5, 0.6) is 0 Å². The molecule has 6 heteroatoms. The molecular weight excluding hydrogens is 238 g/mol. The fourth-order valence-corrected chi connectivity index (χ4v) is 2.50. The van der Waals surface area contributed by atoms with Gasteiger partial charge in [-0.1, -0.05) is 12.1 Å². The second-order valence-corrected chi connectivity index (χ2v) is 5.33.